The summed E-state index contributed by atoms with van der Waals surface area (Å²) in [7, 11) is -3.32. The number of hydrogen-bond acceptors (Lipinski definition) is 4. The summed E-state index contributed by atoms with van der Waals surface area (Å²) in [5, 5.41) is 0. The van der Waals surface area contributed by atoms with E-state index < -0.39 is 10.2 Å². The van der Waals surface area contributed by atoms with Gasteiger partial charge in [0.1, 0.15) is 0 Å². The predicted molar refractivity (Wildman–Crippen MR) is 82.5 cm³/mol. The van der Waals surface area contributed by atoms with Crippen molar-refractivity contribution >= 4 is 22.0 Å². The molecule has 0 aromatic rings. The highest BCUT2D eigenvalue weighted by molar-refractivity contribution is 7.99. The first kappa shape index (κ1) is 17.2. The van der Waals surface area contributed by atoms with Crippen LogP contribution < -0.4 is 10.5 Å². The monoisotopic (exact) mass is 309 g/mol. The molecule has 3 N–H and O–H groups in total. The van der Waals surface area contributed by atoms with Crippen LogP contribution in [0.15, 0.2) is 0 Å². The van der Waals surface area contributed by atoms with Crippen LogP contribution in [0.1, 0.15) is 33.1 Å². The Bertz CT molecular complexity index is 341. The second-order valence-corrected chi connectivity index (χ2v) is 8.18. The molecular formula is C12H27N3O2S2. The lowest BCUT2D eigenvalue weighted by Crippen LogP contribution is -2.48. The predicted octanol–water partition coefficient (Wildman–Crippen LogP) is 1.02. The fourth-order valence-electron chi connectivity index (χ4n) is 2.18. The smallest absolute Gasteiger partial charge is 0.279 e. The lowest BCUT2D eigenvalue weighted by molar-refractivity contribution is 0.274. The summed E-state index contributed by atoms with van der Waals surface area (Å²) in [6.07, 6.45) is 2.62. The van der Waals surface area contributed by atoms with Crippen molar-refractivity contribution in [3.63, 3.8) is 0 Å². The van der Waals surface area contributed by atoms with E-state index in [4.69, 9.17) is 5.73 Å². The van der Waals surface area contributed by atoms with Crippen molar-refractivity contribution in [1.82, 2.24) is 9.03 Å². The topological polar surface area (TPSA) is 75.4 Å². The van der Waals surface area contributed by atoms with E-state index in [0.717, 1.165) is 30.8 Å². The number of hydrogen-bond donors (Lipinski definition) is 2. The van der Waals surface area contributed by atoms with E-state index in [1.165, 1.54) is 0 Å². The van der Waals surface area contributed by atoms with E-state index in [1.54, 1.807) is 4.31 Å². The van der Waals surface area contributed by atoms with Gasteiger partial charge in [-0.1, -0.05) is 6.92 Å². The molecule has 1 aliphatic rings. The van der Waals surface area contributed by atoms with Crippen molar-refractivity contribution in [3.8, 4) is 0 Å². The Morgan fingerprint density at radius 1 is 1.42 bits per heavy atom. The van der Waals surface area contributed by atoms with Crippen molar-refractivity contribution in [3.05, 3.63) is 0 Å². The van der Waals surface area contributed by atoms with Gasteiger partial charge in [0.25, 0.3) is 10.2 Å². The molecule has 1 saturated heterocycles. The van der Waals surface area contributed by atoms with E-state index in [0.29, 0.717) is 25.6 Å². The molecule has 1 rings (SSSR count). The van der Waals surface area contributed by atoms with Gasteiger partial charge in [0.15, 0.2) is 0 Å². The van der Waals surface area contributed by atoms with E-state index in [9.17, 15) is 8.42 Å². The van der Waals surface area contributed by atoms with Gasteiger partial charge in [-0.25, -0.2) is 0 Å². The Morgan fingerprint density at radius 3 is 2.58 bits per heavy atom. The van der Waals surface area contributed by atoms with E-state index in [2.05, 4.69) is 11.6 Å². The van der Waals surface area contributed by atoms with Crippen molar-refractivity contribution in [2.24, 2.45) is 11.7 Å². The number of nitrogens with zero attached hydrogens (tertiary/aromatic N) is 1. The van der Waals surface area contributed by atoms with Crippen LogP contribution in [0.5, 0.6) is 0 Å². The van der Waals surface area contributed by atoms with Crippen molar-refractivity contribution in [2.45, 2.75) is 39.2 Å². The minimum absolute atomic E-state index is 0.00344. The molecule has 0 aromatic heterocycles. The molecule has 1 unspecified atom stereocenters. The maximum absolute atomic E-state index is 12.2. The highest BCUT2D eigenvalue weighted by Crippen LogP contribution is 2.18. The van der Waals surface area contributed by atoms with Gasteiger partial charge in [-0.3, -0.25) is 0 Å². The molecule has 114 valence electrons. The third kappa shape index (κ3) is 5.99. The van der Waals surface area contributed by atoms with Crippen LogP contribution in [0.4, 0.5) is 0 Å². The Hall–Kier alpha value is 0.180. The van der Waals surface area contributed by atoms with Gasteiger partial charge in [-0.15, -0.1) is 0 Å². The lowest BCUT2D eigenvalue weighted by atomic mass is 9.99. The Morgan fingerprint density at radius 2 is 2.05 bits per heavy atom. The fraction of sp³-hybridized carbons (Fsp3) is 1.00. The number of rotatable bonds is 8. The molecule has 7 heteroatoms. The van der Waals surface area contributed by atoms with Crippen LogP contribution in [-0.2, 0) is 10.2 Å². The van der Waals surface area contributed by atoms with Gasteiger partial charge < -0.3 is 5.73 Å². The molecule has 5 nitrogen and oxygen atoms in total. The summed E-state index contributed by atoms with van der Waals surface area (Å²) in [4.78, 5) is 0. The Kier molecular flexibility index (Phi) is 7.68. The number of nitrogens with two attached hydrogens (primary N) is 1. The minimum atomic E-state index is -3.32. The first-order chi connectivity index (χ1) is 8.99. The third-order valence-electron chi connectivity index (χ3n) is 3.50. The van der Waals surface area contributed by atoms with E-state index >= 15 is 0 Å². The summed E-state index contributed by atoms with van der Waals surface area (Å²) < 4.78 is 28.7. The molecule has 1 fully saturated rings. The van der Waals surface area contributed by atoms with Crippen molar-refractivity contribution in [1.29, 1.82) is 0 Å². The van der Waals surface area contributed by atoms with Gasteiger partial charge in [-0.05, 0) is 50.2 Å². The molecule has 0 spiro atoms. The molecular weight excluding hydrogens is 282 g/mol. The van der Waals surface area contributed by atoms with Crippen LogP contribution in [0.2, 0.25) is 0 Å². The van der Waals surface area contributed by atoms with Crippen LogP contribution in [0.25, 0.3) is 0 Å². The first-order valence-corrected chi connectivity index (χ1v) is 9.64. The minimum Gasteiger partial charge on any atom is -0.330 e. The van der Waals surface area contributed by atoms with Gasteiger partial charge in [0, 0.05) is 19.1 Å². The molecule has 1 aliphatic heterocycles. The summed E-state index contributed by atoms with van der Waals surface area (Å²) >= 11 is 1.84. The standard InChI is InChI=1S/C12H27N3O2S2/c1-3-18-9-6-11(2)14-19(16,17)15-7-4-12(10-13)5-8-15/h11-12,14H,3-10,13H2,1-2H3. The largest absolute Gasteiger partial charge is 0.330 e. The van der Waals surface area contributed by atoms with Gasteiger partial charge >= 0.3 is 0 Å². The van der Waals surface area contributed by atoms with Crippen LogP contribution in [0.3, 0.4) is 0 Å². The molecule has 0 bridgehead atoms. The molecule has 1 atom stereocenters. The Balaban J connectivity index is 2.39. The average Bonchev–Trinajstić information content (AvgIpc) is 2.38. The van der Waals surface area contributed by atoms with E-state index in [-0.39, 0.29) is 6.04 Å². The summed E-state index contributed by atoms with van der Waals surface area (Å²) in [5.74, 6) is 2.55. The SMILES string of the molecule is CCSCCC(C)NS(=O)(=O)N1CCC(CN)CC1. The zero-order valence-corrected chi connectivity index (χ0v) is 13.6. The third-order valence-corrected chi connectivity index (χ3v) is 6.17. The van der Waals surface area contributed by atoms with E-state index in [1.807, 2.05) is 18.7 Å². The first-order valence-electron chi connectivity index (χ1n) is 7.04. The molecule has 0 radical (unpaired) electrons. The molecule has 0 saturated carbocycles. The van der Waals surface area contributed by atoms with Gasteiger partial charge in [0.05, 0.1) is 0 Å². The molecule has 19 heavy (non-hydrogen) atoms. The number of thioether (sulfide) groups is 1. The van der Waals surface area contributed by atoms with Crippen molar-refractivity contribution in [2.75, 3.05) is 31.1 Å². The van der Waals surface area contributed by atoms with Crippen LogP contribution >= 0.6 is 11.8 Å². The zero-order chi connectivity index (χ0) is 14.3. The average molecular weight is 310 g/mol. The second kappa shape index (κ2) is 8.46. The Labute approximate surface area is 121 Å². The number of piperidine rings is 1. The van der Waals surface area contributed by atoms with Gasteiger partial charge in [0.2, 0.25) is 0 Å². The van der Waals surface area contributed by atoms with Gasteiger partial charge in [-0.2, -0.15) is 29.2 Å². The second-order valence-electron chi connectivity index (χ2n) is 5.09. The molecule has 0 amide bonds. The molecule has 1 heterocycles. The number of nitrogens with one attached hydrogen (secondary N) is 1. The fourth-order valence-corrected chi connectivity index (χ4v) is 4.45. The maximum Gasteiger partial charge on any atom is 0.279 e. The molecule has 0 aromatic carbocycles. The summed E-state index contributed by atoms with van der Waals surface area (Å²) in [5.41, 5.74) is 5.62. The normalized spacial score (nSPS) is 20.6. The highest BCUT2D eigenvalue weighted by Gasteiger charge is 2.28. The summed E-state index contributed by atoms with van der Waals surface area (Å²) in [6.45, 7) is 5.88. The highest BCUT2D eigenvalue weighted by atomic mass is 32.2. The van der Waals surface area contributed by atoms with Crippen molar-refractivity contribution < 1.29 is 8.42 Å². The summed E-state index contributed by atoms with van der Waals surface area (Å²) in [6, 6.07) is -0.00344. The van der Waals surface area contributed by atoms with Crippen LogP contribution in [-0.4, -0.2) is 49.9 Å². The van der Waals surface area contributed by atoms with Crippen LogP contribution in [0, 0.1) is 5.92 Å². The maximum atomic E-state index is 12.2. The lowest BCUT2D eigenvalue weighted by Gasteiger charge is -2.31. The zero-order valence-electron chi connectivity index (χ0n) is 12.0. The quantitative estimate of drug-likeness (QED) is 0.657. The molecule has 0 aliphatic carbocycles.